The lowest BCUT2D eigenvalue weighted by atomic mass is 9.78. The molecular weight excluding hydrogens is 370 g/mol. The molecule has 0 aliphatic heterocycles. The number of hydrogen-bond acceptors (Lipinski definition) is 5. The molecule has 29 heavy (non-hydrogen) atoms. The molecule has 7 heteroatoms. The fourth-order valence-electron chi connectivity index (χ4n) is 3.84. The molecule has 1 aliphatic carbocycles. The van der Waals surface area contributed by atoms with Crippen LogP contribution < -0.4 is 10.1 Å². The molecule has 2 aromatic rings. The van der Waals surface area contributed by atoms with Crippen LogP contribution in [0.4, 0.5) is 11.4 Å². The number of nitrogens with zero attached hydrogens (tertiary/aromatic N) is 2. The molecule has 2 aromatic carbocycles. The summed E-state index contributed by atoms with van der Waals surface area (Å²) in [5, 5.41) is 23.3. The second-order valence-corrected chi connectivity index (χ2v) is 7.53. The average Bonchev–Trinajstić information content (AvgIpc) is 3.20. The number of nitro benzene ring substituents is 1. The Kier molecular flexibility index (Phi) is 5.83. The number of carbonyl (C=O) groups excluding carboxylic acids is 1. The predicted octanol–water partition coefficient (Wildman–Crippen LogP) is 4.70. The zero-order chi connectivity index (χ0) is 21.0. The highest BCUT2D eigenvalue weighted by molar-refractivity contribution is 6.00. The van der Waals surface area contributed by atoms with Gasteiger partial charge in [-0.15, -0.1) is 0 Å². The quantitative estimate of drug-likeness (QED) is 0.565. The lowest BCUT2D eigenvalue weighted by Gasteiger charge is -2.28. The number of rotatable bonds is 6. The van der Waals surface area contributed by atoms with Gasteiger partial charge >= 0.3 is 0 Å². The summed E-state index contributed by atoms with van der Waals surface area (Å²) in [6.45, 7) is 3.80. The Morgan fingerprint density at radius 1 is 1.21 bits per heavy atom. The minimum absolute atomic E-state index is 0.00480. The van der Waals surface area contributed by atoms with Crippen molar-refractivity contribution < 1.29 is 14.5 Å². The normalized spacial score (nSPS) is 15.0. The van der Waals surface area contributed by atoms with Gasteiger partial charge in [0.15, 0.2) is 0 Å². The molecule has 3 rings (SSSR count). The van der Waals surface area contributed by atoms with Gasteiger partial charge < -0.3 is 10.1 Å². The van der Waals surface area contributed by atoms with Crippen molar-refractivity contribution in [3.8, 4) is 11.8 Å². The molecule has 0 unspecified atom stereocenters. The topological polar surface area (TPSA) is 105 Å². The van der Waals surface area contributed by atoms with E-state index < -0.39 is 10.3 Å². The van der Waals surface area contributed by atoms with E-state index in [0.29, 0.717) is 29.8 Å². The highest BCUT2D eigenvalue weighted by atomic mass is 16.6. The van der Waals surface area contributed by atoms with Crippen LogP contribution in [0, 0.1) is 21.4 Å². The van der Waals surface area contributed by atoms with Crippen molar-refractivity contribution >= 4 is 17.3 Å². The Morgan fingerprint density at radius 3 is 2.41 bits per heavy atom. The van der Waals surface area contributed by atoms with Crippen molar-refractivity contribution in [3.63, 3.8) is 0 Å². The van der Waals surface area contributed by atoms with E-state index in [1.807, 2.05) is 13.8 Å². The molecule has 1 fully saturated rings. The fourth-order valence-corrected chi connectivity index (χ4v) is 3.84. The van der Waals surface area contributed by atoms with Gasteiger partial charge in [-0.3, -0.25) is 14.9 Å². The number of nitrogens with one attached hydrogen (secondary N) is 1. The number of non-ortho nitro benzene ring substituents is 1. The molecule has 1 saturated carbocycles. The van der Waals surface area contributed by atoms with Gasteiger partial charge in [0.05, 0.1) is 27.7 Å². The van der Waals surface area contributed by atoms with Gasteiger partial charge in [0.25, 0.3) is 5.69 Å². The lowest BCUT2D eigenvalue weighted by Crippen LogP contribution is -2.38. The lowest BCUT2D eigenvalue weighted by molar-refractivity contribution is -0.384. The standard InChI is InChI=1S/C22H23N3O4/c1-15(2)29-19-9-10-20(16(13-19)14-23)24-21(26)22(11-3-4-12-22)17-5-7-18(8-6-17)25(27)28/h5-10,13,15H,3-4,11-12H2,1-2H3,(H,24,26). The summed E-state index contributed by atoms with van der Waals surface area (Å²) in [7, 11) is 0. The maximum atomic E-state index is 13.3. The van der Waals surface area contributed by atoms with Crippen LogP contribution in [-0.4, -0.2) is 16.9 Å². The monoisotopic (exact) mass is 393 g/mol. The van der Waals surface area contributed by atoms with Crippen LogP contribution in [0.5, 0.6) is 5.75 Å². The van der Waals surface area contributed by atoms with Gasteiger partial charge in [0.1, 0.15) is 11.8 Å². The van der Waals surface area contributed by atoms with Gasteiger partial charge in [-0.05, 0) is 44.4 Å². The van der Waals surface area contributed by atoms with Crippen LogP contribution >= 0.6 is 0 Å². The van der Waals surface area contributed by atoms with E-state index in [-0.39, 0.29) is 17.7 Å². The van der Waals surface area contributed by atoms with E-state index in [0.717, 1.165) is 18.4 Å². The van der Waals surface area contributed by atoms with E-state index in [4.69, 9.17) is 4.74 Å². The number of nitro groups is 1. The highest BCUT2D eigenvalue weighted by Gasteiger charge is 2.43. The molecule has 1 amide bonds. The van der Waals surface area contributed by atoms with Crippen molar-refractivity contribution in [1.82, 2.24) is 0 Å². The summed E-state index contributed by atoms with van der Waals surface area (Å²) in [6.07, 6.45) is 3.10. The first kappa shape index (κ1) is 20.3. The minimum atomic E-state index is -0.755. The van der Waals surface area contributed by atoms with E-state index in [1.54, 1.807) is 30.3 Å². The van der Waals surface area contributed by atoms with Crippen LogP contribution in [0.1, 0.15) is 50.7 Å². The SMILES string of the molecule is CC(C)Oc1ccc(NC(=O)C2(c3ccc([N+](=O)[O-])cc3)CCCC2)c(C#N)c1. The number of amides is 1. The third-order valence-corrected chi connectivity index (χ3v) is 5.25. The van der Waals surface area contributed by atoms with Crippen LogP contribution in [0.2, 0.25) is 0 Å². The Morgan fingerprint density at radius 2 is 1.86 bits per heavy atom. The number of carbonyl (C=O) groups is 1. The van der Waals surface area contributed by atoms with Crippen LogP contribution in [0.3, 0.4) is 0 Å². The number of ether oxygens (including phenoxy) is 1. The molecule has 0 saturated heterocycles. The zero-order valence-electron chi connectivity index (χ0n) is 16.5. The fraction of sp³-hybridized carbons (Fsp3) is 0.364. The van der Waals surface area contributed by atoms with Crippen LogP contribution in [-0.2, 0) is 10.2 Å². The Balaban J connectivity index is 1.89. The molecule has 0 aromatic heterocycles. The molecule has 0 radical (unpaired) electrons. The maximum absolute atomic E-state index is 13.3. The minimum Gasteiger partial charge on any atom is -0.491 e. The molecule has 1 aliphatic rings. The summed E-state index contributed by atoms with van der Waals surface area (Å²) < 4.78 is 5.62. The number of benzene rings is 2. The van der Waals surface area contributed by atoms with Gasteiger partial charge in [-0.2, -0.15) is 5.26 Å². The molecule has 0 atom stereocenters. The Hall–Kier alpha value is -3.40. The van der Waals surface area contributed by atoms with E-state index in [1.165, 1.54) is 12.1 Å². The van der Waals surface area contributed by atoms with Gasteiger partial charge in [0.2, 0.25) is 5.91 Å². The second-order valence-electron chi connectivity index (χ2n) is 7.53. The predicted molar refractivity (Wildman–Crippen MR) is 109 cm³/mol. The average molecular weight is 393 g/mol. The molecule has 150 valence electrons. The summed E-state index contributed by atoms with van der Waals surface area (Å²) in [6, 6.07) is 13.3. The Bertz CT molecular complexity index is 955. The molecular formula is C22H23N3O4. The largest absolute Gasteiger partial charge is 0.491 e. The van der Waals surface area contributed by atoms with Gasteiger partial charge in [0, 0.05) is 18.2 Å². The number of nitriles is 1. The first-order valence-corrected chi connectivity index (χ1v) is 9.63. The van der Waals surface area contributed by atoms with E-state index in [9.17, 15) is 20.2 Å². The van der Waals surface area contributed by atoms with Gasteiger partial charge in [-0.1, -0.05) is 25.0 Å². The van der Waals surface area contributed by atoms with Crippen molar-refractivity contribution in [2.45, 2.75) is 51.0 Å². The van der Waals surface area contributed by atoms with Gasteiger partial charge in [-0.25, -0.2) is 0 Å². The van der Waals surface area contributed by atoms with Crippen molar-refractivity contribution in [2.24, 2.45) is 0 Å². The summed E-state index contributed by atoms with van der Waals surface area (Å²) in [5.74, 6) is 0.373. The molecule has 0 heterocycles. The third kappa shape index (κ3) is 4.21. The van der Waals surface area contributed by atoms with Crippen molar-refractivity contribution in [1.29, 1.82) is 5.26 Å². The smallest absolute Gasteiger partial charge is 0.269 e. The second kappa shape index (κ2) is 8.31. The molecule has 7 nitrogen and oxygen atoms in total. The summed E-state index contributed by atoms with van der Waals surface area (Å²) in [5.41, 5.74) is 0.760. The van der Waals surface area contributed by atoms with Crippen LogP contribution in [0.15, 0.2) is 42.5 Å². The highest BCUT2D eigenvalue weighted by Crippen LogP contribution is 2.42. The van der Waals surface area contributed by atoms with E-state index >= 15 is 0 Å². The first-order valence-electron chi connectivity index (χ1n) is 9.63. The number of hydrogen-bond donors (Lipinski definition) is 1. The third-order valence-electron chi connectivity index (χ3n) is 5.25. The van der Waals surface area contributed by atoms with Crippen molar-refractivity contribution in [2.75, 3.05) is 5.32 Å². The molecule has 0 bridgehead atoms. The summed E-state index contributed by atoms with van der Waals surface area (Å²) in [4.78, 5) is 23.8. The van der Waals surface area contributed by atoms with Crippen molar-refractivity contribution in [3.05, 3.63) is 63.7 Å². The zero-order valence-corrected chi connectivity index (χ0v) is 16.5. The first-order chi connectivity index (χ1) is 13.9. The van der Waals surface area contributed by atoms with E-state index in [2.05, 4.69) is 11.4 Å². The Labute approximate surface area is 169 Å². The summed E-state index contributed by atoms with van der Waals surface area (Å²) >= 11 is 0. The molecule has 0 spiro atoms. The maximum Gasteiger partial charge on any atom is 0.269 e. The molecule has 1 N–H and O–H groups in total. The number of anilines is 1. The van der Waals surface area contributed by atoms with Crippen LogP contribution in [0.25, 0.3) is 0 Å².